The van der Waals surface area contributed by atoms with Crippen LogP contribution in [0.5, 0.6) is 0 Å². The van der Waals surface area contributed by atoms with Gasteiger partial charge >= 0.3 is 5.97 Å². The standard InChI is InChI=1S/C15H17NO5/c1-21-14(18)15(9-5-8-13(15)17)12(10-16(19)20)11-6-3-2-4-7-11/h2-4,6-7,12H,5,8-10H2,1H3. The molecule has 1 saturated carbocycles. The van der Waals surface area contributed by atoms with Gasteiger partial charge in [-0.15, -0.1) is 0 Å². The Hall–Kier alpha value is -2.24. The number of ether oxygens (including phenoxy) is 1. The van der Waals surface area contributed by atoms with Crippen LogP contribution in [0.25, 0.3) is 0 Å². The van der Waals surface area contributed by atoms with Gasteiger partial charge in [-0.1, -0.05) is 30.3 Å². The summed E-state index contributed by atoms with van der Waals surface area (Å²) in [6.07, 6.45) is 1.11. The first-order valence-electron chi connectivity index (χ1n) is 6.81. The smallest absolute Gasteiger partial charge is 0.320 e. The predicted molar refractivity (Wildman–Crippen MR) is 74.4 cm³/mol. The van der Waals surface area contributed by atoms with Crippen molar-refractivity contribution < 1.29 is 19.2 Å². The average Bonchev–Trinajstić information content (AvgIpc) is 2.87. The van der Waals surface area contributed by atoms with Gasteiger partial charge in [-0.3, -0.25) is 19.7 Å². The second-order valence-corrected chi connectivity index (χ2v) is 5.22. The summed E-state index contributed by atoms with van der Waals surface area (Å²) in [5, 5.41) is 11.0. The Kier molecular flexibility index (Phi) is 4.35. The topological polar surface area (TPSA) is 86.5 Å². The van der Waals surface area contributed by atoms with Crippen molar-refractivity contribution >= 4 is 11.8 Å². The maximum Gasteiger partial charge on any atom is 0.320 e. The Morgan fingerprint density at radius 1 is 1.43 bits per heavy atom. The van der Waals surface area contributed by atoms with Crippen LogP contribution in [0.4, 0.5) is 0 Å². The Balaban J connectivity index is 2.53. The van der Waals surface area contributed by atoms with Crippen molar-refractivity contribution in [3.63, 3.8) is 0 Å². The van der Waals surface area contributed by atoms with Crippen LogP contribution in [0.3, 0.4) is 0 Å². The molecule has 0 radical (unpaired) electrons. The SMILES string of the molecule is COC(=O)C1(C(C[N+](=O)[O-])c2ccccc2)CCCC1=O. The third-order valence-corrected chi connectivity index (χ3v) is 4.15. The Bertz CT molecular complexity index is 556. The quantitative estimate of drug-likeness (QED) is 0.358. The fourth-order valence-electron chi connectivity index (χ4n) is 3.18. The predicted octanol–water partition coefficient (Wildman–Crippen LogP) is 1.96. The highest BCUT2D eigenvalue weighted by Gasteiger charge is 2.57. The van der Waals surface area contributed by atoms with Gasteiger partial charge in [0.1, 0.15) is 5.41 Å². The minimum Gasteiger partial charge on any atom is -0.468 e. The summed E-state index contributed by atoms with van der Waals surface area (Å²) in [6.45, 7) is -0.467. The summed E-state index contributed by atoms with van der Waals surface area (Å²) < 4.78 is 4.81. The van der Waals surface area contributed by atoms with Crippen LogP contribution in [0.2, 0.25) is 0 Å². The van der Waals surface area contributed by atoms with Gasteiger partial charge in [0.25, 0.3) is 0 Å². The molecule has 6 nitrogen and oxygen atoms in total. The maximum atomic E-state index is 12.4. The number of nitrogens with zero attached hydrogens (tertiary/aromatic N) is 1. The zero-order chi connectivity index (χ0) is 15.5. The number of methoxy groups -OCH3 is 1. The first kappa shape index (κ1) is 15.2. The van der Waals surface area contributed by atoms with Gasteiger partial charge < -0.3 is 4.74 Å². The van der Waals surface area contributed by atoms with E-state index in [0.717, 1.165) is 0 Å². The Labute approximate surface area is 122 Å². The van der Waals surface area contributed by atoms with Crippen LogP contribution in [0, 0.1) is 15.5 Å². The van der Waals surface area contributed by atoms with Crippen molar-refractivity contribution in [2.75, 3.05) is 13.7 Å². The fraction of sp³-hybridized carbons (Fsp3) is 0.467. The minimum atomic E-state index is -1.43. The molecule has 21 heavy (non-hydrogen) atoms. The van der Waals surface area contributed by atoms with Crippen LogP contribution >= 0.6 is 0 Å². The Morgan fingerprint density at radius 2 is 2.10 bits per heavy atom. The minimum absolute atomic E-state index is 0.259. The Morgan fingerprint density at radius 3 is 2.57 bits per heavy atom. The molecular formula is C15H17NO5. The zero-order valence-electron chi connectivity index (χ0n) is 11.8. The number of rotatable bonds is 5. The molecule has 2 unspecified atom stereocenters. The summed E-state index contributed by atoms with van der Waals surface area (Å²) in [6, 6.07) is 8.70. The van der Waals surface area contributed by atoms with E-state index in [-0.39, 0.29) is 12.2 Å². The molecule has 0 bridgehead atoms. The van der Waals surface area contributed by atoms with E-state index in [0.29, 0.717) is 18.4 Å². The van der Waals surface area contributed by atoms with E-state index in [1.54, 1.807) is 30.3 Å². The second-order valence-electron chi connectivity index (χ2n) is 5.22. The molecule has 1 aromatic rings. The number of ketones is 1. The second kappa shape index (κ2) is 6.03. The molecule has 1 fully saturated rings. The third-order valence-electron chi connectivity index (χ3n) is 4.15. The van der Waals surface area contributed by atoms with Gasteiger partial charge in [0.05, 0.1) is 13.0 Å². The molecule has 1 aliphatic carbocycles. The maximum absolute atomic E-state index is 12.4. The fourth-order valence-corrected chi connectivity index (χ4v) is 3.18. The molecule has 0 saturated heterocycles. The van der Waals surface area contributed by atoms with Gasteiger partial charge in [0, 0.05) is 11.3 Å². The lowest BCUT2D eigenvalue weighted by Crippen LogP contribution is -2.44. The van der Waals surface area contributed by atoms with Crippen LogP contribution in [-0.4, -0.2) is 30.3 Å². The summed E-state index contributed by atoms with van der Waals surface area (Å²) in [7, 11) is 1.21. The molecule has 112 valence electrons. The number of nitro groups is 1. The van der Waals surface area contributed by atoms with E-state index in [9.17, 15) is 19.7 Å². The number of hydrogen-bond donors (Lipinski definition) is 0. The molecule has 0 amide bonds. The van der Waals surface area contributed by atoms with E-state index in [4.69, 9.17) is 4.74 Å². The molecule has 0 heterocycles. The number of hydrogen-bond acceptors (Lipinski definition) is 5. The van der Waals surface area contributed by atoms with Gasteiger partial charge in [-0.05, 0) is 18.4 Å². The highest BCUT2D eigenvalue weighted by atomic mass is 16.6. The van der Waals surface area contributed by atoms with Crippen molar-refractivity contribution in [3.05, 3.63) is 46.0 Å². The molecular weight excluding hydrogens is 274 g/mol. The van der Waals surface area contributed by atoms with E-state index >= 15 is 0 Å². The largest absolute Gasteiger partial charge is 0.468 e. The molecule has 2 atom stereocenters. The zero-order valence-corrected chi connectivity index (χ0v) is 11.8. The van der Waals surface area contributed by atoms with Gasteiger partial charge in [0.2, 0.25) is 6.54 Å². The first-order chi connectivity index (χ1) is 10.0. The summed E-state index contributed by atoms with van der Waals surface area (Å²) >= 11 is 0. The lowest BCUT2D eigenvalue weighted by Gasteiger charge is -2.31. The number of carbonyl (C=O) groups is 2. The summed E-state index contributed by atoms with van der Waals surface area (Å²) in [5.41, 5.74) is -0.807. The highest BCUT2D eigenvalue weighted by molar-refractivity contribution is 6.06. The van der Waals surface area contributed by atoms with Crippen molar-refractivity contribution in [1.82, 2.24) is 0 Å². The molecule has 0 N–H and O–H groups in total. The number of Topliss-reactive ketones (excluding diaryl/α,β-unsaturated/α-hetero) is 1. The molecule has 2 rings (SSSR count). The van der Waals surface area contributed by atoms with Gasteiger partial charge in [0.15, 0.2) is 5.78 Å². The summed E-state index contributed by atoms with van der Waals surface area (Å²) in [4.78, 5) is 35.2. The molecule has 0 aromatic heterocycles. The molecule has 0 spiro atoms. The lowest BCUT2D eigenvalue weighted by atomic mass is 9.70. The van der Waals surface area contributed by atoms with Crippen LogP contribution in [0.15, 0.2) is 30.3 Å². The van der Waals surface area contributed by atoms with Crippen LogP contribution < -0.4 is 0 Å². The summed E-state index contributed by atoms with van der Waals surface area (Å²) in [5.74, 6) is -1.72. The lowest BCUT2D eigenvalue weighted by molar-refractivity contribution is -0.485. The highest BCUT2D eigenvalue weighted by Crippen LogP contribution is 2.47. The molecule has 6 heteroatoms. The number of benzene rings is 1. The van der Waals surface area contributed by atoms with Gasteiger partial charge in [-0.2, -0.15) is 0 Å². The molecule has 1 aromatic carbocycles. The molecule has 0 aliphatic heterocycles. The van der Waals surface area contributed by atoms with Crippen molar-refractivity contribution in [2.45, 2.75) is 25.2 Å². The van der Waals surface area contributed by atoms with E-state index in [1.165, 1.54) is 7.11 Å². The van der Waals surface area contributed by atoms with Crippen molar-refractivity contribution in [1.29, 1.82) is 0 Å². The first-order valence-corrected chi connectivity index (χ1v) is 6.81. The average molecular weight is 291 g/mol. The van der Waals surface area contributed by atoms with Crippen molar-refractivity contribution in [2.24, 2.45) is 5.41 Å². The van der Waals surface area contributed by atoms with E-state index < -0.39 is 28.8 Å². The number of carbonyl (C=O) groups excluding carboxylic acids is 2. The van der Waals surface area contributed by atoms with E-state index in [2.05, 4.69) is 0 Å². The van der Waals surface area contributed by atoms with Crippen LogP contribution in [-0.2, 0) is 14.3 Å². The van der Waals surface area contributed by atoms with Gasteiger partial charge in [-0.25, -0.2) is 0 Å². The third kappa shape index (κ3) is 2.66. The van der Waals surface area contributed by atoms with Crippen LogP contribution in [0.1, 0.15) is 30.7 Å². The molecule has 1 aliphatic rings. The normalized spacial score (nSPS) is 22.8. The van der Waals surface area contributed by atoms with E-state index in [1.807, 2.05) is 0 Å². The number of esters is 1. The van der Waals surface area contributed by atoms with Crippen molar-refractivity contribution in [3.8, 4) is 0 Å². The monoisotopic (exact) mass is 291 g/mol.